The molecule has 7 heteroatoms. The summed E-state index contributed by atoms with van der Waals surface area (Å²) in [5.74, 6) is -0.0541. The Morgan fingerprint density at radius 2 is 1.64 bits per heavy atom. The van der Waals surface area contributed by atoms with Crippen LogP contribution in [0.3, 0.4) is 0 Å². The molecule has 3 rings (SSSR count). The van der Waals surface area contributed by atoms with Crippen molar-refractivity contribution in [1.29, 1.82) is 0 Å². The van der Waals surface area contributed by atoms with Gasteiger partial charge >= 0.3 is 0 Å². The zero-order valence-electron chi connectivity index (χ0n) is 18.6. The van der Waals surface area contributed by atoms with Crippen LogP contribution in [0.4, 0.5) is 0 Å². The molecule has 33 heavy (non-hydrogen) atoms. The third-order valence-electron chi connectivity index (χ3n) is 5.26. The first-order chi connectivity index (χ1) is 15.9. The summed E-state index contributed by atoms with van der Waals surface area (Å²) in [6.07, 6.45) is 0.332. The molecule has 0 aliphatic rings. The zero-order chi connectivity index (χ0) is 23.8. The second-order valence-electron chi connectivity index (χ2n) is 7.65. The van der Waals surface area contributed by atoms with Crippen LogP contribution in [0.15, 0.2) is 72.8 Å². The minimum atomic E-state index is -0.779. The average Bonchev–Trinajstić information content (AvgIpc) is 2.81. The second kappa shape index (κ2) is 11.7. The fourth-order valence-corrected chi connectivity index (χ4v) is 4.02. The molecule has 0 radical (unpaired) electrons. The first-order valence-electron chi connectivity index (χ1n) is 10.6. The molecule has 0 aromatic heterocycles. The molecule has 0 fully saturated rings. The SMILES string of the molecule is CNC(=O)[C@H](Cc1ccccc1)N(Cc1c(Cl)cccc1Cl)C(=O)COc1cccc(C)c1. The van der Waals surface area contributed by atoms with Crippen LogP contribution in [0, 0.1) is 6.92 Å². The zero-order valence-corrected chi connectivity index (χ0v) is 20.1. The third kappa shape index (κ3) is 6.73. The van der Waals surface area contributed by atoms with E-state index in [9.17, 15) is 9.59 Å². The number of hydrogen-bond acceptors (Lipinski definition) is 3. The number of aryl methyl sites for hydroxylation is 1. The van der Waals surface area contributed by atoms with Gasteiger partial charge in [-0.2, -0.15) is 0 Å². The third-order valence-corrected chi connectivity index (χ3v) is 5.97. The summed E-state index contributed by atoms with van der Waals surface area (Å²) in [6, 6.07) is 21.4. The first-order valence-corrected chi connectivity index (χ1v) is 11.3. The standard InChI is InChI=1S/C26H26Cl2N2O3/c1-18-8-6-11-20(14-18)33-17-25(31)30(16-21-22(27)12-7-13-23(21)28)24(26(32)29-2)15-19-9-4-3-5-10-19/h3-14,24H,15-17H2,1-2H3,(H,29,32)/t24-/m0/s1. The Bertz CT molecular complexity index is 1090. The molecule has 3 aromatic rings. The number of carbonyl (C=O) groups is 2. The van der Waals surface area contributed by atoms with E-state index in [0.717, 1.165) is 11.1 Å². The highest BCUT2D eigenvalue weighted by atomic mass is 35.5. The van der Waals surface area contributed by atoms with Crippen molar-refractivity contribution < 1.29 is 14.3 Å². The molecule has 2 amide bonds. The van der Waals surface area contributed by atoms with E-state index in [0.29, 0.717) is 27.8 Å². The molecule has 0 spiro atoms. The maximum Gasteiger partial charge on any atom is 0.261 e. The largest absolute Gasteiger partial charge is 0.484 e. The number of nitrogens with zero attached hydrogens (tertiary/aromatic N) is 1. The Morgan fingerprint density at radius 3 is 2.27 bits per heavy atom. The number of amides is 2. The molecular weight excluding hydrogens is 459 g/mol. The molecule has 0 saturated carbocycles. The van der Waals surface area contributed by atoms with E-state index in [-0.39, 0.29) is 25.0 Å². The van der Waals surface area contributed by atoms with E-state index >= 15 is 0 Å². The van der Waals surface area contributed by atoms with Crippen molar-refractivity contribution in [3.05, 3.63) is 99.5 Å². The Morgan fingerprint density at radius 1 is 0.970 bits per heavy atom. The number of rotatable bonds is 9. The van der Waals surface area contributed by atoms with Crippen LogP contribution in [-0.4, -0.2) is 36.4 Å². The molecule has 5 nitrogen and oxygen atoms in total. The Balaban J connectivity index is 1.92. The summed E-state index contributed by atoms with van der Waals surface area (Å²) >= 11 is 12.8. The van der Waals surface area contributed by atoms with Gasteiger partial charge in [0.15, 0.2) is 6.61 Å². The highest BCUT2D eigenvalue weighted by Crippen LogP contribution is 2.27. The minimum absolute atomic E-state index is 0.0689. The fraction of sp³-hybridized carbons (Fsp3) is 0.231. The molecule has 0 bridgehead atoms. The van der Waals surface area contributed by atoms with Gasteiger partial charge < -0.3 is 15.0 Å². The van der Waals surface area contributed by atoms with Crippen molar-refractivity contribution in [1.82, 2.24) is 10.2 Å². The normalized spacial score (nSPS) is 11.5. The van der Waals surface area contributed by atoms with E-state index in [1.165, 1.54) is 4.90 Å². The molecule has 172 valence electrons. The summed E-state index contributed by atoms with van der Waals surface area (Å²) in [6.45, 7) is 1.79. The molecule has 1 atom stereocenters. The predicted octanol–water partition coefficient (Wildman–Crippen LogP) is 5.07. The average molecular weight is 485 g/mol. The van der Waals surface area contributed by atoms with Gasteiger partial charge in [-0.15, -0.1) is 0 Å². The monoisotopic (exact) mass is 484 g/mol. The quantitative estimate of drug-likeness (QED) is 0.461. The number of hydrogen-bond donors (Lipinski definition) is 1. The van der Waals surface area contributed by atoms with Crippen LogP contribution >= 0.6 is 23.2 Å². The lowest BCUT2D eigenvalue weighted by Crippen LogP contribution is -2.51. The van der Waals surface area contributed by atoms with Crippen LogP contribution in [0.1, 0.15) is 16.7 Å². The predicted molar refractivity (Wildman–Crippen MR) is 132 cm³/mol. The molecule has 0 heterocycles. The maximum atomic E-state index is 13.4. The smallest absolute Gasteiger partial charge is 0.261 e. The molecule has 0 unspecified atom stereocenters. The Kier molecular flexibility index (Phi) is 8.75. The van der Waals surface area contributed by atoms with Gasteiger partial charge in [-0.3, -0.25) is 9.59 Å². The number of carbonyl (C=O) groups excluding carboxylic acids is 2. The van der Waals surface area contributed by atoms with Crippen molar-refractivity contribution in [3.8, 4) is 5.75 Å². The molecule has 0 aliphatic carbocycles. The summed E-state index contributed by atoms with van der Waals surface area (Å²) in [7, 11) is 1.55. The Labute approximate surface area is 204 Å². The van der Waals surface area contributed by atoms with E-state index < -0.39 is 6.04 Å². The molecular formula is C26H26Cl2N2O3. The molecule has 0 saturated heterocycles. The van der Waals surface area contributed by atoms with Crippen molar-refractivity contribution >= 4 is 35.0 Å². The lowest BCUT2D eigenvalue weighted by atomic mass is 10.0. The topological polar surface area (TPSA) is 58.6 Å². The second-order valence-corrected chi connectivity index (χ2v) is 8.46. The molecule has 3 aromatic carbocycles. The van der Waals surface area contributed by atoms with Crippen LogP contribution in [0.25, 0.3) is 0 Å². The van der Waals surface area contributed by atoms with E-state index in [1.807, 2.05) is 55.5 Å². The number of likely N-dealkylation sites (N-methyl/N-ethyl adjacent to an activating group) is 1. The van der Waals surface area contributed by atoms with Gasteiger partial charge in [0.05, 0.1) is 0 Å². The van der Waals surface area contributed by atoms with E-state index in [1.54, 1.807) is 31.3 Å². The van der Waals surface area contributed by atoms with Crippen LogP contribution < -0.4 is 10.1 Å². The number of benzene rings is 3. The minimum Gasteiger partial charge on any atom is -0.484 e. The number of nitrogens with one attached hydrogen (secondary N) is 1. The van der Waals surface area contributed by atoms with Crippen molar-refractivity contribution in [2.75, 3.05) is 13.7 Å². The van der Waals surface area contributed by atoms with Crippen molar-refractivity contribution in [3.63, 3.8) is 0 Å². The number of ether oxygens (including phenoxy) is 1. The van der Waals surface area contributed by atoms with Gasteiger partial charge in [-0.1, -0.05) is 71.7 Å². The van der Waals surface area contributed by atoms with Gasteiger partial charge in [0.25, 0.3) is 5.91 Å². The highest BCUT2D eigenvalue weighted by molar-refractivity contribution is 6.36. The Hall–Kier alpha value is -3.02. The lowest BCUT2D eigenvalue weighted by molar-refractivity contribution is -0.142. The number of halogens is 2. The summed E-state index contributed by atoms with van der Waals surface area (Å²) in [4.78, 5) is 27.8. The fourth-order valence-electron chi connectivity index (χ4n) is 3.51. The van der Waals surface area contributed by atoms with Gasteiger partial charge in [-0.25, -0.2) is 0 Å². The van der Waals surface area contributed by atoms with Gasteiger partial charge in [0.1, 0.15) is 11.8 Å². The highest BCUT2D eigenvalue weighted by Gasteiger charge is 2.31. The van der Waals surface area contributed by atoms with Crippen LogP contribution in [0.5, 0.6) is 5.75 Å². The van der Waals surface area contributed by atoms with Gasteiger partial charge in [0.2, 0.25) is 5.91 Å². The maximum absolute atomic E-state index is 13.4. The van der Waals surface area contributed by atoms with E-state index in [4.69, 9.17) is 27.9 Å². The van der Waals surface area contributed by atoms with Gasteiger partial charge in [0, 0.05) is 35.6 Å². The van der Waals surface area contributed by atoms with Crippen LogP contribution in [-0.2, 0) is 22.6 Å². The summed E-state index contributed by atoms with van der Waals surface area (Å²) < 4.78 is 5.75. The van der Waals surface area contributed by atoms with Crippen LogP contribution in [0.2, 0.25) is 10.0 Å². The molecule has 1 N–H and O–H groups in total. The van der Waals surface area contributed by atoms with Gasteiger partial charge in [-0.05, 0) is 42.3 Å². The van der Waals surface area contributed by atoms with Crippen molar-refractivity contribution in [2.24, 2.45) is 0 Å². The van der Waals surface area contributed by atoms with E-state index in [2.05, 4.69) is 5.32 Å². The lowest BCUT2D eigenvalue weighted by Gasteiger charge is -2.31. The first kappa shape index (κ1) is 24.6. The summed E-state index contributed by atoms with van der Waals surface area (Å²) in [5, 5.41) is 3.53. The van der Waals surface area contributed by atoms with Crippen molar-refractivity contribution in [2.45, 2.75) is 25.9 Å². The summed E-state index contributed by atoms with van der Waals surface area (Å²) in [5.41, 5.74) is 2.52. The molecule has 0 aliphatic heterocycles.